The molecule has 3 aromatic rings. The lowest BCUT2D eigenvalue weighted by molar-refractivity contribution is 0.0828. The Morgan fingerprint density at radius 2 is 2.08 bits per heavy atom. The largest absolute Gasteiger partial charge is 0.491 e. The van der Waals surface area contributed by atoms with Gasteiger partial charge in [0.25, 0.3) is 5.91 Å². The van der Waals surface area contributed by atoms with Gasteiger partial charge in [-0.25, -0.2) is 4.98 Å². The van der Waals surface area contributed by atoms with Gasteiger partial charge in [0.2, 0.25) is 0 Å². The van der Waals surface area contributed by atoms with Crippen LogP contribution in [-0.4, -0.2) is 41.1 Å². The monoisotopic (exact) mass is 350 g/mol. The smallest absolute Gasteiger partial charge is 0.253 e. The van der Waals surface area contributed by atoms with E-state index in [0.29, 0.717) is 12.2 Å². The fourth-order valence-electron chi connectivity index (χ4n) is 3.37. The number of nitrogens with one attached hydrogen (secondary N) is 1. The van der Waals surface area contributed by atoms with Gasteiger partial charge in [-0.3, -0.25) is 4.79 Å². The standard InChI is InChI=1S/C20H22N4O2/c1-12-21-19-15(22-16-11-26-18-8-6-5-7-14(16)18)9-13(20(25)23(2)3)10-17(19)24(12)4/h5-10,16,22H,11H2,1-4H3. The molecule has 26 heavy (non-hydrogen) atoms. The third-order valence-corrected chi connectivity index (χ3v) is 4.89. The van der Waals surface area contributed by atoms with Crippen molar-refractivity contribution in [1.29, 1.82) is 0 Å². The molecule has 1 amide bonds. The van der Waals surface area contributed by atoms with Gasteiger partial charge in [-0.05, 0) is 25.1 Å². The van der Waals surface area contributed by atoms with Crippen LogP contribution >= 0.6 is 0 Å². The number of aromatic nitrogens is 2. The number of anilines is 1. The van der Waals surface area contributed by atoms with Crippen LogP contribution in [0.3, 0.4) is 0 Å². The van der Waals surface area contributed by atoms with Crippen molar-refractivity contribution in [1.82, 2.24) is 14.5 Å². The molecule has 1 aromatic heterocycles. The van der Waals surface area contributed by atoms with Gasteiger partial charge in [0, 0.05) is 32.3 Å². The highest BCUT2D eigenvalue weighted by Crippen LogP contribution is 2.36. The molecule has 1 unspecified atom stereocenters. The number of nitrogens with zero attached hydrogens (tertiary/aromatic N) is 3. The summed E-state index contributed by atoms with van der Waals surface area (Å²) in [6, 6.07) is 11.8. The van der Waals surface area contributed by atoms with Gasteiger partial charge in [0.1, 0.15) is 23.7 Å². The number of carbonyl (C=O) groups is 1. The van der Waals surface area contributed by atoms with Crippen LogP contribution in [0.2, 0.25) is 0 Å². The molecule has 1 atom stereocenters. The van der Waals surface area contributed by atoms with E-state index in [1.54, 1.807) is 19.0 Å². The summed E-state index contributed by atoms with van der Waals surface area (Å²) in [5.41, 5.74) is 4.41. The molecule has 6 nitrogen and oxygen atoms in total. The summed E-state index contributed by atoms with van der Waals surface area (Å²) in [6.45, 7) is 2.52. The van der Waals surface area contributed by atoms with Crippen molar-refractivity contribution in [2.75, 3.05) is 26.0 Å². The maximum Gasteiger partial charge on any atom is 0.253 e. The molecule has 0 saturated heterocycles. The maximum atomic E-state index is 12.5. The van der Waals surface area contributed by atoms with Gasteiger partial charge in [0.15, 0.2) is 0 Å². The third kappa shape index (κ3) is 2.58. The Bertz CT molecular complexity index is 1010. The van der Waals surface area contributed by atoms with Crippen molar-refractivity contribution in [3.05, 3.63) is 53.3 Å². The number of fused-ring (bicyclic) bond motifs is 2. The summed E-state index contributed by atoms with van der Waals surface area (Å²) >= 11 is 0. The third-order valence-electron chi connectivity index (χ3n) is 4.89. The quantitative estimate of drug-likeness (QED) is 0.788. The first kappa shape index (κ1) is 16.4. The lowest BCUT2D eigenvalue weighted by atomic mass is 10.1. The second-order valence-electron chi connectivity index (χ2n) is 6.85. The zero-order chi connectivity index (χ0) is 18.4. The van der Waals surface area contributed by atoms with Crippen LogP contribution in [0, 0.1) is 6.92 Å². The Labute approximate surface area is 152 Å². The number of carbonyl (C=O) groups excluding carboxylic acids is 1. The lowest BCUT2D eigenvalue weighted by Crippen LogP contribution is -2.22. The molecule has 0 radical (unpaired) electrons. The van der Waals surface area contributed by atoms with Gasteiger partial charge in [-0.1, -0.05) is 18.2 Å². The number of amides is 1. The van der Waals surface area contributed by atoms with E-state index in [9.17, 15) is 4.79 Å². The van der Waals surface area contributed by atoms with E-state index in [4.69, 9.17) is 9.72 Å². The molecule has 0 bridgehead atoms. The fourth-order valence-corrected chi connectivity index (χ4v) is 3.37. The average molecular weight is 350 g/mol. The van der Waals surface area contributed by atoms with Crippen LogP contribution in [0.25, 0.3) is 11.0 Å². The van der Waals surface area contributed by atoms with Gasteiger partial charge in [-0.15, -0.1) is 0 Å². The van der Waals surface area contributed by atoms with Gasteiger partial charge in [-0.2, -0.15) is 0 Å². The Hall–Kier alpha value is -3.02. The molecule has 1 aliphatic rings. The van der Waals surface area contributed by atoms with E-state index in [1.807, 2.05) is 48.9 Å². The number of hydrogen-bond acceptors (Lipinski definition) is 4. The van der Waals surface area contributed by atoms with Gasteiger partial charge >= 0.3 is 0 Å². The van der Waals surface area contributed by atoms with E-state index in [0.717, 1.165) is 33.9 Å². The van der Waals surface area contributed by atoms with Gasteiger partial charge < -0.3 is 19.5 Å². The topological polar surface area (TPSA) is 59.4 Å². The summed E-state index contributed by atoms with van der Waals surface area (Å²) in [5, 5.41) is 3.54. The van der Waals surface area contributed by atoms with E-state index < -0.39 is 0 Å². The normalized spacial score (nSPS) is 15.6. The number of aryl methyl sites for hydroxylation is 2. The highest BCUT2D eigenvalue weighted by Gasteiger charge is 2.25. The lowest BCUT2D eigenvalue weighted by Gasteiger charge is -2.16. The van der Waals surface area contributed by atoms with Crippen LogP contribution in [-0.2, 0) is 7.05 Å². The maximum absolute atomic E-state index is 12.5. The molecule has 4 rings (SSSR count). The minimum atomic E-state index is -0.0307. The minimum absolute atomic E-state index is 0.0291. The van der Waals surface area contributed by atoms with Crippen molar-refractivity contribution < 1.29 is 9.53 Å². The van der Waals surface area contributed by atoms with E-state index in [-0.39, 0.29) is 11.9 Å². The summed E-state index contributed by atoms with van der Waals surface area (Å²) in [5.74, 6) is 1.77. The molecule has 2 heterocycles. The second-order valence-corrected chi connectivity index (χ2v) is 6.85. The predicted molar refractivity (Wildman–Crippen MR) is 102 cm³/mol. The first-order valence-electron chi connectivity index (χ1n) is 8.62. The molecule has 2 aromatic carbocycles. The Balaban J connectivity index is 1.81. The molecule has 0 spiro atoms. The molecule has 1 N–H and O–H groups in total. The summed E-state index contributed by atoms with van der Waals surface area (Å²) in [6.07, 6.45) is 0. The molecular weight excluding hydrogens is 328 g/mol. The van der Waals surface area contributed by atoms with Crippen LogP contribution in [0.5, 0.6) is 5.75 Å². The summed E-state index contributed by atoms with van der Waals surface area (Å²) < 4.78 is 7.78. The fraction of sp³-hybridized carbons (Fsp3) is 0.300. The van der Waals surface area contributed by atoms with E-state index >= 15 is 0 Å². The average Bonchev–Trinajstić information content (AvgIpc) is 3.16. The van der Waals surface area contributed by atoms with Crippen LogP contribution < -0.4 is 10.1 Å². The van der Waals surface area contributed by atoms with Crippen LogP contribution in [0.4, 0.5) is 5.69 Å². The molecule has 134 valence electrons. The zero-order valence-corrected chi connectivity index (χ0v) is 15.4. The molecular formula is C20H22N4O2. The highest BCUT2D eigenvalue weighted by atomic mass is 16.5. The number of ether oxygens (including phenoxy) is 1. The first-order valence-corrected chi connectivity index (χ1v) is 8.62. The number of benzene rings is 2. The second kappa shape index (κ2) is 6.05. The van der Waals surface area contributed by atoms with Crippen molar-refractivity contribution in [3.63, 3.8) is 0 Å². The molecule has 0 saturated carbocycles. The van der Waals surface area contributed by atoms with Crippen molar-refractivity contribution in [2.24, 2.45) is 7.05 Å². The number of hydrogen-bond donors (Lipinski definition) is 1. The van der Waals surface area contributed by atoms with E-state index in [1.165, 1.54) is 0 Å². The molecule has 1 aliphatic heterocycles. The van der Waals surface area contributed by atoms with Crippen molar-refractivity contribution in [2.45, 2.75) is 13.0 Å². The van der Waals surface area contributed by atoms with Crippen molar-refractivity contribution in [3.8, 4) is 5.75 Å². The Morgan fingerprint density at radius 3 is 2.85 bits per heavy atom. The predicted octanol–water partition coefficient (Wildman–Crippen LogP) is 3.13. The van der Waals surface area contributed by atoms with Crippen molar-refractivity contribution >= 4 is 22.6 Å². The SMILES string of the molecule is Cc1nc2c(NC3COc4ccccc43)cc(C(=O)N(C)C)cc2n1C. The van der Waals surface area contributed by atoms with E-state index in [2.05, 4.69) is 11.4 Å². The Morgan fingerprint density at radius 1 is 1.31 bits per heavy atom. The Kier molecular flexibility index (Phi) is 3.83. The van der Waals surface area contributed by atoms with Gasteiger partial charge in [0.05, 0.1) is 17.2 Å². The summed E-state index contributed by atoms with van der Waals surface area (Å²) in [4.78, 5) is 18.8. The molecule has 0 fully saturated rings. The number of imidazole rings is 1. The molecule has 6 heteroatoms. The first-order chi connectivity index (χ1) is 12.5. The highest BCUT2D eigenvalue weighted by molar-refractivity contribution is 6.01. The summed E-state index contributed by atoms with van der Waals surface area (Å²) in [7, 11) is 5.48. The number of rotatable bonds is 3. The minimum Gasteiger partial charge on any atom is -0.491 e. The van der Waals surface area contributed by atoms with Crippen LogP contribution in [0.1, 0.15) is 27.8 Å². The zero-order valence-electron chi connectivity index (χ0n) is 15.4. The molecule has 0 aliphatic carbocycles. The van der Waals surface area contributed by atoms with Crippen LogP contribution in [0.15, 0.2) is 36.4 Å². The number of para-hydroxylation sites is 1.